The zero-order valence-electron chi connectivity index (χ0n) is 15.9. The first-order chi connectivity index (χ1) is 13.6. The Labute approximate surface area is 164 Å². The molecule has 0 saturated carbocycles. The van der Waals surface area contributed by atoms with Gasteiger partial charge in [0.05, 0.1) is 30.6 Å². The zero-order valence-corrected chi connectivity index (χ0v) is 15.9. The Morgan fingerprint density at radius 3 is 2.64 bits per heavy atom. The summed E-state index contributed by atoms with van der Waals surface area (Å²) in [4.78, 5) is 42.7. The highest BCUT2D eigenvalue weighted by Crippen LogP contribution is 2.19. The van der Waals surface area contributed by atoms with Gasteiger partial charge in [-0.1, -0.05) is 0 Å². The predicted octanol–water partition coefficient (Wildman–Crippen LogP) is -0.988. The smallest absolute Gasteiger partial charge is 0.252 e. The Hall–Kier alpha value is -2.52. The maximum absolute atomic E-state index is 12.6. The van der Waals surface area contributed by atoms with Gasteiger partial charge in [0.2, 0.25) is 11.8 Å². The Bertz CT molecular complexity index is 678. The first-order valence-electron chi connectivity index (χ1n) is 9.68. The van der Waals surface area contributed by atoms with E-state index < -0.39 is 0 Å². The van der Waals surface area contributed by atoms with E-state index in [1.807, 2.05) is 4.90 Å². The second-order valence-corrected chi connectivity index (χ2v) is 7.01. The molecule has 2 fully saturated rings. The molecule has 1 aromatic heterocycles. The number of morpholine rings is 1. The van der Waals surface area contributed by atoms with E-state index in [1.165, 1.54) is 6.20 Å². The maximum atomic E-state index is 12.6. The maximum Gasteiger partial charge on any atom is 0.252 e. The van der Waals surface area contributed by atoms with Crippen molar-refractivity contribution in [3.63, 3.8) is 0 Å². The number of hydrogen-bond donors (Lipinski definition) is 3. The first kappa shape index (κ1) is 20.2. The number of aromatic nitrogens is 1. The minimum atomic E-state index is -0.252. The van der Waals surface area contributed by atoms with E-state index in [4.69, 9.17) is 4.74 Å². The van der Waals surface area contributed by atoms with Gasteiger partial charge >= 0.3 is 0 Å². The molecule has 0 unspecified atom stereocenters. The van der Waals surface area contributed by atoms with Crippen LogP contribution in [0.25, 0.3) is 0 Å². The number of pyridine rings is 1. The topological polar surface area (TPSA) is 113 Å². The summed E-state index contributed by atoms with van der Waals surface area (Å²) in [7, 11) is 0. The molecule has 0 aromatic carbocycles. The standard InChI is InChI=1S/C19H27N5O4/c25-17(14-2-1-3-20-11-14)22-4-5-23-18(26)15-10-16(13-21-12-15)19(27)24-6-8-28-9-7-24/h1-3,11,15-16,21H,4-10,12-13H2,(H,22,25)(H,23,26)/t15-,16+/m1/s1. The van der Waals surface area contributed by atoms with Crippen molar-refractivity contribution in [2.45, 2.75) is 6.42 Å². The molecule has 28 heavy (non-hydrogen) atoms. The second kappa shape index (κ2) is 10.1. The van der Waals surface area contributed by atoms with Crippen LogP contribution in [-0.4, -0.2) is 80.1 Å². The average Bonchev–Trinajstić information content (AvgIpc) is 2.77. The molecule has 3 N–H and O–H groups in total. The highest BCUT2D eigenvalue weighted by molar-refractivity contribution is 5.93. The lowest BCUT2D eigenvalue weighted by atomic mass is 9.88. The largest absolute Gasteiger partial charge is 0.378 e. The highest BCUT2D eigenvalue weighted by atomic mass is 16.5. The van der Waals surface area contributed by atoms with Crippen LogP contribution in [0.1, 0.15) is 16.8 Å². The van der Waals surface area contributed by atoms with Crippen molar-refractivity contribution in [1.29, 1.82) is 0 Å². The van der Waals surface area contributed by atoms with E-state index in [0.717, 1.165) is 0 Å². The van der Waals surface area contributed by atoms with Crippen LogP contribution in [0.3, 0.4) is 0 Å². The molecule has 2 aliphatic heterocycles. The molecule has 1 aromatic rings. The van der Waals surface area contributed by atoms with Crippen LogP contribution >= 0.6 is 0 Å². The SMILES string of the molecule is O=C(NCCNC(=O)[C@H]1CNC[C@@H](C(=O)N2CCOCC2)C1)c1cccnc1. The fraction of sp³-hybridized carbons (Fsp3) is 0.579. The lowest BCUT2D eigenvalue weighted by molar-refractivity contribution is -0.141. The summed E-state index contributed by atoms with van der Waals surface area (Å²) < 4.78 is 5.29. The Kier molecular flexibility index (Phi) is 7.32. The van der Waals surface area contributed by atoms with Gasteiger partial charge in [0.25, 0.3) is 5.91 Å². The monoisotopic (exact) mass is 389 g/mol. The molecule has 2 atom stereocenters. The average molecular weight is 389 g/mol. The molecule has 152 valence electrons. The van der Waals surface area contributed by atoms with Crippen LogP contribution in [0.5, 0.6) is 0 Å². The van der Waals surface area contributed by atoms with Gasteiger partial charge in [0.1, 0.15) is 0 Å². The third-order valence-corrected chi connectivity index (χ3v) is 5.03. The molecule has 0 bridgehead atoms. The van der Waals surface area contributed by atoms with Crippen molar-refractivity contribution in [3.8, 4) is 0 Å². The van der Waals surface area contributed by atoms with E-state index >= 15 is 0 Å². The van der Waals surface area contributed by atoms with E-state index in [1.54, 1.807) is 18.3 Å². The van der Waals surface area contributed by atoms with Gasteiger partial charge in [-0.05, 0) is 18.6 Å². The van der Waals surface area contributed by atoms with Gasteiger partial charge in [-0.25, -0.2) is 0 Å². The van der Waals surface area contributed by atoms with Crippen LogP contribution in [0.2, 0.25) is 0 Å². The molecule has 3 heterocycles. The van der Waals surface area contributed by atoms with Crippen LogP contribution < -0.4 is 16.0 Å². The molecular formula is C19H27N5O4. The van der Waals surface area contributed by atoms with Gasteiger partial charge in [0, 0.05) is 51.7 Å². The Morgan fingerprint density at radius 2 is 1.89 bits per heavy atom. The zero-order chi connectivity index (χ0) is 19.8. The lowest BCUT2D eigenvalue weighted by Gasteiger charge is -2.34. The summed E-state index contributed by atoms with van der Waals surface area (Å²) in [5, 5.41) is 8.79. The number of nitrogens with one attached hydrogen (secondary N) is 3. The van der Waals surface area contributed by atoms with Crippen molar-refractivity contribution in [1.82, 2.24) is 25.8 Å². The predicted molar refractivity (Wildman–Crippen MR) is 101 cm³/mol. The van der Waals surface area contributed by atoms with Crippen molar-refractivity contribution in [2.24, 2.45) is 11.8 Å². The van der Waals surface area contributed by atoms with Crippen LogP contribution in [0.4, 0.5) is 0 Å². The molecule has 0 radical (unpaired) electrons. The van der Waals surface area contributed by atoms with Gasteiger partial charge in [-0.15, -0.1) is 0 Å². The number of carbonyl (C=O) groups is 3. The number of piperidine rings is 1. The summed E-state index contributed by atoms with van der Waals surface area (Å²) in [5.74, 6) is -0.664. The van der Waals surface area contributed by atoms with E-state index in [-0.39, 0.29) is 29.6 Å². The summed E-state index contributed by atoms with van der Waals surface area (Å²) in [5.41, 5.74) is 0.481. The third kappa shape index (κ3) is 5.49. The van der Waals surface area contributed by atoms with Gasteiger partial charge in [-0.3, -0.25) is 19.4 Å². The number of hydrogen-bond acceptors (Lipinski definition) is 6. The Morgan fingerprint density at radius 1 is 1.14 bits per heavy atom. The molecule has 2 aliphatic rings. The number of amides is 3. The van der Waals surface area contributed by atoms with Gasteiger partial charge in [-0.2, -0.15) is 0 Å². The minimum Gasteiger partial charge on any atom is -0.378 e. The van der Waals surface area contributed by atoms with Crippen LogP contribution in [-0.2, 0) is 14.3 Å². The fourth-order valence-electron chi connectivity index (χ4n) is 3.48. The Balaban J connectivity index is 1.39. The van der Waals surface area contributed by atoms with Gasteiger partial charge in [0.15, 0.2) is 0 Å². The summed E-state index contributed by atoms with van der Waals surface area (Å²) in [6.45, 7) is 4.19. The molecule has 3 rings (SSSR count). The quantitative estimate of drug-likeness (QED) is 0.539. The van der Waals surface area contributed by atoms with Crippen molar-refractivity contribution >= 4 is 17.7 Å². The molecule has 0 aliphatic carbocycles. The number of rotatable bonds is 6. The normalized spacial score (nSPS) is 22.4. The minimum absolute atomic E-state index is 0.0945. The van der Waals surface area contributed by atoms with Crippen molar-refractivity contribution in [3.05, 3.63) is 30.1 Å². The van der Waals surface area contributed by atoms with Crippen LogP contribution in [0.15, 0.2) is 24.5 Å². The molecule has 0 spiro atoms. The highest BCUT2D eigenvalue weighted by Gasteiger charge is 2.33. The first-order valence-corrected chi connectivity index (χ1v) is 9.68. The summed E-state index contributed by atoms with van der Waals surface area (Å²) in [6, 6.07) is 3.38. The lowest BCUT2D eigenvalue weighted by Crippen LogP contribution is -2.51. The number of ether oxygens (including phenoxy) is 1. The molecular weight excluding hydrogens is 362 g/mol. The van der Waals surface area contributed by atoms with Gasteiger partial charge < -0.3 is 25.6 Å². The summed E-state index contributed by atoms with van der Waals surface area (Å²) >= 11 is 0. The van der Waals surface area contributed by atoms with E-state index in [2.05, 4.69) is 20.9 Å². The second-order valence-electron chi connectivity index (χ2n) is 7.01. The molecule has 9 nitrogen and oxygen atoms in total. The van der Waals surface area contributed by atoms with Crippen molar-refractivity contribution in [2.75, 3.05) is 52.5 Å². The van der Waals surface area contributed by atoms with Crippen LogP contribution in [0, 0.1) is 11.8 Å². The molecule has 3 amide bonds. The van der Waals surface area contributed by atoms with E-state index in [9.17, 15) is 14.4 Å². The fourth-order valence-corrected chi connectivity index (χ4v) is 3.48. The van der Waals surface area contributed by atoms with E-state index in [0.29, 0.717) is 64.5 Å². The summed E-state index contributed by atoms with van der Waals surface area (Å²) in [6.07, 6.45) is 3.64. The molecule has 2 saturated heterocycles. The number of nitrogens with zero attached hydrogens (tertiary/aromatic N) is 2. The molecule has 9 heteroatoms. The van der Waals surface area contributed by atoms with Crippen molar-refractivity contribution < 1.29 is 19.1 Å². The third-order valence-electron chi connectivity index (χ3n) is 5.03. The number of carbonyl (C=O) groups excluding carboxylic acids is 3.